The van der Waals surface area contributed by atoms with E-state index < -0.39 is 169 Å². The monoisotopic (exact) mass is 2090 g/mol. The van der Waals surface area contributed by atoms with Crippen molar-refractivity contribution in [1.82, 2.24) is 68.6 Å². The number of nitrogens with two attached hydrogens (primary N) is 4. The molecule has 16 rings (SSSR count). The third-order valence-electron chi connectivity index (χ3n) is 24.7. The second kappa shape index (κ2) is 47.0. The van der Waals surface area contributed by atoms with Crippen molar-refractivity contribution in [2.45, 2.75) is 165 Å². The molecule has 41 nitrogen and oxygen atoms in total. The number of carbonyl (C=O) groups excluding carboxylic acids is 4. The molecule has 8 heterocycles. The van der Waals surface area contributed by atoms with Crippen LogP contribution in [0.25, 0.3) is 0 Å². The summed E-state index contributed by atoms with van der Waals surface area (Å²) in [7, 11) is -16.7. The van der Waals surface area contributed by atoms with Crippen LogP contribution < -0.4 is 31.2 Å². The van der Waals surface area contributed by atoms with Gasteiger partial charge in [0.25, 0.3) is 0 Å². The quantitative estimate of drug-likeness (QED) is 0.0164. The molecule has 0 radical (unpaired) electrons. The first-order valence-corrected chi connectivity index (χ1v) is 50.7. The van der Waals surface area contributed by atoms with Crippen LogP contribution in [0.15, 0.2) is 177 Å². The smallest absolute Gasteiger partial charge is 0.333 e. The molecule has 140 heavy (non-hydrogen) atoms. The van der Waals surface area contributed by atoms with E-state index in [0.717, 1.165) is 41.6 Å². The van der Waals surface area contributed by atoms with Gasteiger partial charge in [-0.05, 0) is 164 Å². The number of aliphatic hydroxyl groups is 5. The first-order valence-electron chi connectivity index (χ1n) is 44.0. The van der Waals surface area contributed by atoms with Crippen LogP contribution in [0.3, 0.4) is 0 Å². The van der Waals surface area contributed by atoms with Crippen molar-refractivity contribution in [3.05, 3.63) is 273 Å². The number of anilines is 2. The zero-order chi connectivity index (χ0) is 101. The van der Waals surface area contributed by atoms with E-state index in [1.807, 2.05) is 60.3 Å². The third-order valence-corrected chi connectivity index (χ3v) is 27.2. The molecule has 0 saturated heterocycles. The van der Waals surface area contributed by atoms with E-state index in [-0.39, 0.29) is 114 Å². The summed E-state index contributed by atoms with van der Waals surface area (Å²) >= 11 is 3.14. The van der Waals surface area contributed by atoms with Gasteiger partial charge in [0.05, 0.1) is 114 Å². The minimum Gasteiger partial charge on any atom is -0.393 e. The zero-order valence-electron chi connectivity index (χ0n) is 74.8. The van der Waals surface area contributed by atoms with Crippen molar-refractivity contribution in [2.75, 3.05) is 37.1 Å². The van der Waals surface area contributed by atoms with Gasteiger partial charge in [0, 0.05) is 121 Å². The molecule has 0 spiro atoms. The van der Waals surface area contributed by atoms with Gasteiger partial charge in [0.1, 0.15) is 78.1 Å². The molecular formula is C89H102BrF5N20O21S4. The van der Waals surface area contributed by atoms with E-state index in [2.05, 4.69) is 97.9 Å². The molecule has 5 aliphatic carbocycles. The Morgan fingerprint density at radius 2 is 0.979 bits per heavy atom. The van der Waals surface area contributed by atoms with Gasteiger partial charge in [-0.15, -0.1) is 0 Å². The van der Waals surface area contributed by atoms with Gasteiger partial charge in [0.15, 0.2) is 11.6 Å². The average Bonchev–Trinajstić information content (AvgIpc) is 1.66. The number of ketones is 4. The van der Waals surface area contributed by atoms with Crippen LogP contribution in [-0.4, -0.2) is 232 Å². The Hall–Kier alpha value is -11.4. The van der Waals surface area contributed by atoms with Gasteiger partial charge in [-0.1, -0.05) is 55.7 Å². The van der Waals surface area contributed by atoms with Crippen molar-refractivity contribution in [1.29, 1.82) is 0 Å². The van der Waals surface area contributed by atoms with Crippen molar-refractivity contribution < 1.29 is 117 Å². The van der Waals surface area contributed by atoms with Crippen LogP contribution in [0.5, 0.6) is 0 Å². The van der Waals surface area contributed by atoms with Gasteiger partial charge in [-0.25, -0.2) is 82.4 Å². The Kier molecular flexibility index (Phi) is 35.6. The second-order valence-corrected chi connectivity index (χ2v) is 40.5. The first-order chi connectivity index (χ1) is 66.4. The van der Waals surface area contributed by atoms with E-state index in [4.69, 9.17) is 20.6 Å². The lowest BCUT2D eigenvalue weighted by molar-refractivity contribution is -0.00334. The minimum absolute atomic E-state index is 0.0119. The van der Waals surface area contributed by atoms with Gasteiger partial charge >= 0.3 is 41.2 Å². The lowest BCUT2D eigenvalue weighted by atomic mass is 9.89. The highest BCUT2D eigenvalue weighted by molar-refractivity contribution is 9.10. The van der Waals surface area contributed by atoms with Gasteiger partial charge in [-0.3, -0.25) is 45.3 Å². The molecule has 5 fully saturated rings. The highest BCUT2D eigenvalue weighted by Crippen LogP contribution is 2.40. The molecule has 0 bridgehead atoms. The standard InChI is InChI=1S/C23H26FN5O5S.C22H22BrF2N5O5S.C22H23F2N5O6S.C22H31N5O5S/c1-14-7-16(11-29(14)10-15-5-3-2-4-6-15)21(30)18-9-26-13-27-23(18)28-19-8-17(22(31)20(19)24)12-34-35(25,32)33;23-16-5-12(1-2-17(16)24)9-30-4-3-18(29-30)22(32)15-8-27-11-28-19(15)7-13-6-14(21(31)20(13)25)10-35-36(26,33)34;23-15-1-2-17(24)13(6-15)9-29-4-3-18(28-29)22(32)16-8-26-11-27-19(16)7-12-5-14(21(31)20(12)30)10-35-36(25,33)34;23-33(30,31)32-13-17-8-18(9-20(17)28)26-22-19(10-24-14-25-22)21(29)16-6-7-27(12-16)11-15-4-2-1-3-5-15/h2-7,9,11,13,17,19-20,22,31H,8,10,12H2,1H3,(H2,25,32,33)(H,26,27,28);1-5,8,11,13-14,20-21,31H,6-7,9-10H2,(H2,26,33,34);1-4,6,8,11-12,14,20-21,30-31H,5,7,9-10H2,(H2,25,33,34);6-7,10,12,14-15,17-18,20,28H,1-5,8-9,11,13H2,(H2,23,30,31)(H,24,25,26)/t17-,19-,20-,22-;13-,14+,20+,21+;12-,14+,20-,21+;17-,18-,20+/m1001/s1. The number of benzene rings is 3. The average molecular weight is 2090 g/mol. The molecule has 11 aromatic rings. The number of nitrogens with zero attached hydrogens (tertiary/aromatic N) is 14. The fourth-order valence-electron chi connectivity index (χ4n) is 17.6. The number of aromatic nitrogens is 14. The van der Waals surface area contributed by atoms with E-state index in [0.29, 0.717) is 64.5 Å². The summed E-state index contributed by atoms with van der Waals surface area (Å²) < 4.78 is 184. The number of carbonyl (C=O) groups is 4. The molecule has 8 aromatic heterocycles. The van der Waals surface area contributed by atoms with Gasteiger partial charge in [-0.2, -0.15) is 43.9 Å². The molecule has 0 amide bonds. The highest BCUT2D eigenvalue weighted by atomic mass is 79.9. The SMILES string of the molecule is Cc1cc(C(=O)c2cncnc2N[C@@H]2C[C@H](COS(N)(=O)=O)[C@@H](O)[C@@H]2F)cn1Cc1ccccc1.NS(=O)(=O)OC[C@H]1C[C@@H](Cc2ncncc2C(=O)c2ccn(Cc3cc(F)ccc3F)n2)[C@H](O)[C@@H]1O.NS(=O)(=O)OC[C@H]1C[C@@H](Cc2ncncc2C(=O)c2ccn(Cc3ccc(F)c(Br)c3)n2)[C@@H](F)[C@@H]1O.NS(=O)(=O)OC[C@H]1C[C@@H](Nc2ncncc2C(=O)c2ccn(CC3CCCCC3)c2)C[C@@H]1O. The number of aliphatic hydroxyl groups excluding tert-OH is 5. The molecule has 5 aliphatic rings. The Labute approximate surface area is 809 Å². The second-order valence-electron chi connectivity index (χ2n) is 34.8. The minimum atomic E-state index is -4.23. The molecule has 15 atom stereocenters. The molecule has 51 heteroatoms. The van der Waals surface area contributed by atoms with Crippen LogP contribution in [0.2, 0.25) is 0 Å². The first kappa shape index (κ1) is 106. The number of halogens is 6. The Morgan fingerprint density at radius 3 is 1.56 bits per heavy atom. The Balaban J connectivity index is 0.000000157. The van der Waals surface area contributed by atoms with E-state index in [1.54, 1.807) is 30.6 Å². The Morgan fingerprint density at radius 1 is 0.479 bits per heavy atom. The lowest BCUT2D eigenvalue weighted by Gasteiger charge is -2.21. The van der Waals surface area contributed by atoms with Crippen LogP contribution in [0.4, 0.5) is 33.6 Å². The summed E-state index contributed by atoms with van der Waals surface area (Å²) in [6.45, 7) is 2.13. The van der Waals surface area contributed by atoms with Crippen molar-refractivity contribution in [3.8, 4) is 0 Å². The summed E-state index contributed by atoms with van der Waals surface area (Å²) in [5.41, 5.74) is 5.29. The van der Waals surface area contributed by atoms with Gasteiger partial charge < -0.3 is 45.3 Å². The third kappa shape index (κ3) is 29.2. The molecule has 0 aliphatic heterocycles. The topological polar surface area (TPSA) is 620 Å². The van der Waals surface area contributed by atoms with Crippen LogP contribution in [-0.2, 0) is 97.0 Å². The molecule has 15 N–H and O–H groups in total. The fourth-order valence-corrected chi connectivity index (χ4v) is 19.5. The Bertz CT molecular complexity index is 6680. The summed E-state index contributed by atoms with van der Waals surface area (Å²) in [6.07, 6.45) is 17.2. The normalized spacial score (nSPS) is 22.6. The number of alkyl halides is 2. The molecule has 0 unspecified atom stereocenters. The maximum absolute atomic E-state index is 14.8. The predicted octanol–water partition coefficient (Wildman–Crippen LogP) is 5.75. The van der Waals surface area contributed by atoms with Crippen molar-refractivity contribution in [3.63, 3.8) is 0 Å². The number of hydrogen-bond acceptors (Lipinski definition) is 33. The van der Waals surface area contributed by atoms with Crippen LogP contribution in [0, 0.1) is 65.8 Å². The number of rotatable bonds is 36. The number of hydrogen-bond donors (Lipinski definition) is 11. The highest BCUT2D eigenvalue weighted by Gasteiger charge is 2.47. The van der Waals surface area contributed by atoms with Gasteiger partial charge in [0.2, 0.25) is 11.6 Å². The largest absolute Gasteiger partial charge is 0.393 e. The summed E-state index contributed by atoms with van der Waals surface area (Å²) in [6, 6.07) is 22.8. The molecule has 3 aromatic carbocycles. The maximum atomic E-state index is 14.8. The summed E-state index contributed by atoms with van der Waals surface area (Å²) in [4.78, 5) is 85.3. The number of aryl methyl sites for hydroxylation is 1. The van der Waals surface area contributed by atoms with Crippen LogP contribution >= 0.6 is 15.9 Å². The number of nitrogens with one attached hydrogen (secondary N) is 2. The maximum Gasteiger partial charge on any atom is 0.333 e. The molecular weight excluding hydrogens is 1990 g/mol. The van der Waals surface area contributed by atoms with E-state index in [1.165, 1.54) is 116 Å². The molecule has 750 valence electrons. The fraction of sp³-hybridized carbons (Fsp3) is 0.416. The van der Waals surface area contributed by atoms with Crippen molar-refractivity contribution in [2.24, 2.45) is 62.0 Å². The summed E-state index contributed by atoms with van der Waals surface area (Å²) in [5, 5.41) is 85.3. The van der Waals surface area contributed by atoms with Crippen LogP contribution in [0.1, 0.15) is 162 Å². The molecule has 5 saturated carbocycles. The van der Waals surface area contributed by atoms with Crippen molar-refractivity contribution >= 4 is 91.9 Å². The lowest BCUT2D eigenvalue weighted by Crippen LogP contribution is -2.33. The zero-order valence-corrected chi connectivity index (χ0v) is 79.6. The van der Waals surface area contributed by atoms with E-state index >= 15 is 0 Å². The van der Waals surface area contributed by atoms with E-state index in [9.17, 15) is 100 Å². The summed E-state index contributed by atoms with van der Waals surface area (Å²) in [5.74, 6) is -5.89. The predicted molar refractivity (Wildman–Crippen MR) is 493 cm³/mol.